The Morgan fingerprint density at radius 2 is 2.20 bits per heavy atom. The number of nitrogens with one attached hydrogen (secondary N) is 1. The first kappa shape index (κ1) is 15.7. The highest BCUT2D eigenvalue weighted by Gasteiger charge is 2.25. The van der Waals surface area contributed by atoms with Crippen molar-refractivity contribution in [1.29, 1.82) is 0 Å². The largest absolute Gasteiger partial charge is 0.311 e. The molecule has 1 aromatic rings. The van der Waals surface area contributed by atoms with E-state index in [9.17, 15) is 4.39 Å². The minimum atomic E-state index is -0.273. The standard InChI is InChI=1S/C16H24ClFN2/c1-11(2)6-15-10-20(12(3)8-19-15)9-13-4-5-14(18)7-16(13)17/h4-5,7,11-12,15,19H,6,8-10H2,1-3H3. The normalized spacial score (nSPS) is 24.3. The van der Waals surface area contributed by atoms with Gasteiger partial charge >= 0.3 is 0 Å². The van der Waals surface area contributed by atoms with Crippen LogP contribution in [0.4, 0.5) is 4.39 Å². The molecule has 20 heavy (non-hydrogen) atoms. The highest BCUT2D eigenvalue weighted by atomic mass is 35.5. The molecule has 1 heterocycles. The van der Waals surface area contributed by atoms with Gasteiger partial charge in [0.15, 0.2) is 0 Å². The van der Waals surface area contributed by atoms with E-state index in [1.165, 1.54) is 18.6 Å². The summed E-state index contributed by atoms with van der Waals surface area (Å²) in [6.45, 7) is 9.53. The molecule has 112 valence electrons. The molecule has 2 nitrogen and oxygen atoms in total. The molecule has 0 saturated carbocycles. The van der Waals surface area contributed by atoms with E-state index in [4.69, 9.17) is 11.6 Å². The van der Waals surface area contributed by atoms with Crippen molar-refractivity contribution in [3.05, 3.63) is 34.6 Å². The van der Waals surface area contributed by atoms with Gasteiger partial charge in [0, 0.05) is 36.7 Å². The van der Waals surface area contributed by atoms with Gasteiger partial charge in [-0.1, -0.05) is 31.5 Å². The van der Waals surface area contributed by atoms with E-state index in [0.29, 0.717) is 23.0 Å². The summed E-state index contributed by atoms with van der Waals surface area (Å²) in [5, 5.41) is 4.13. The number of benzene rings is 1. The molecular formula is C16H24ClFN2. The predicted molar refractivity (Wildman–Crippen MR) is 82.5 cm³/mol. The molecule has 2 rings (SSSR count). The maximum atomic E-state index is 13.1. The number of piperazine rings is 1. The molecule has 0 bridgehead atoms. The minimum Gasteiger partial charge on any atom is -0.311 e. The van der Waals surface area contributed by atoms with Crippen LogP contribution in [-0.2, 0) is 6.54 Å². The van der Waals surface area contributed by atoms with E-state index >= 15 is 0 Å². The second-order valence-electron chi connectivity index (χ2n) is 6.25. The Balaban J connectivity index is 2.02. The zero-order chi connectivity index (χ0) is 14.7. The van der Waals surface area contributed by atoms with Gasteiger partial charge in [-0.25, -0.2) is 4.39 Å². The van der Waals surface area contributed by atoms with Crippen molar-refractivity contribution in [3.63, 3.8) is 0 Å². The van der Waals surface area contributed by atoms with E-state index in [1.807, 2.05) is 0 Å². The molecular weight excluding hydrogens is 275 g/mol. The summed E-state index contributed by atoms with van der Waals surface area (Å²) < 4.78 is 13.1. The number of halogens is 2. The van der Waals surface area contributed by atoms with Gasteiger partial charge in [-0.15, -0.1) is 0 Å². The van der Waals surface area contributed by atoms with Crippen LogP contribution in [0.5, 0.6) is 0 Å². The summed E-state index contributed by atoms with van der Waals surface area (Å²) >= 11 is 6.13. The average Bonchev–Trinajstić information content (AvgIpc) is 2.36. The Kier molecular flexibility index (Phi) is 5.42. The fourth-order valence-electron chi connectivity index (χ4n) is 2.81. The second kappa shape index (κ2) is 6.88. The van der Waals surface area contributed by atoms with Crippen molar-refractivity contribution in [2.75, 3.05) is 13.1 Å². The Labute approximate surface area is 126 Å². The molecule has 0 spiro atoms. The van der Waals surface area contributed by atoms with Gasteiger partial charge in [-0.05, 0) is 37.0 Å². The van der Waals surface area contributed by atoms with Gasteiger partial charge in [0.2, 0.25) is 0 Å². The van der Waals surface area contributed by atoms with E-state index in [1.54, 1.807) is 6.07 Å². The molecule has 0 amide bonds. The summed E-state index contributed by atoms with van der Waals surface area (Å²) in [6.07, 6.45) is 1.18. The van der Waals surface area contributed by atoms with E-state index in [2.05, 4.69) is 31.0 Å². The Morgan fingerprint density at radius 1 is 1.45 bits per heavy atom. The predicted octanol–water partition coefficient (Wildman–Crippen LogP) is 3.69. The lowest BCUT2D eigenvalue weighted by atomic mass is 9.99. The lowest BCUT2D eigenvalue weighted by Gasteiger charge is -2.39. The van der Waals surface area contributed by atoms with Crippen molar-refractivity contribution in [3.8, 4) is 0 Å². The van der Waals surface area contributed by atoms with E-state index in [-0.39, 0.29) is 5.82 Å². The number of rotatable bonds is 4. The molecule has 1 fully saturated rings. The Morgan fingerprint density at radius 3 is 2.85 bits per heavy atom. The zero-order valence-electron chi connectivity index (χ0n) is 12.5. The molecule has 1 saturated heterocycles. The first-order chi connectivity index (χ1) is 9.45. The highest BCUT2D eigenvalue weighted by Crippen LogP contribution is 2.22. The second-order valence-corrected chi connectivity index (χ2v) is 6.66. The van der Waals surface area contributed by atoms with Crippen molar-refractivity contribution in [2.45, 2.75) is 45.8 Å². The van der Waals surface area contributed by atoms with Crippen molar-refractivity contribution < 1.29 is 4.39 Å². The van der Waals surface area contributed by atoms with Crippen LogP contribution in [0.15, 0.2) is 18.2 Å². The van der Waals surface area contributed by atoms with Crippen LogP contribution in [0.25, 0.3) is 0 Å². The first-order valence-electron chi connectivity index (χ1n) is 7.37. The maximum Gasteiger partial charge on any atom is 0.124 e. The Hall–Kier alpha value is -0.640. The minimum absolute atomic E-state index is 0.273. The third-order valence-electron chi connectivity index (χ3n) is 3.92. The van der Waals surface area contributed by atoms with Crippen molar-refractivity contribution >= 4 is 11.6 Å². The topological polar surface area (TPSA) is 15.3 Å². The smallest absolute Gasteiger partial charge is 0.124 e. The van der Waals surface area contributed by atoms with Crippen molar-refractivity contribution in [2.24, 2.45) is 5.92 Å². The summed E-state index contributed by atoms with van der Waals surface area (Å²) in [5.74, 6) is 0.418. The van der Waals surface area contributed by atoms with Gasteiger partial charge < -0.3 is 5.32 Å². The number of hydrogen-bond donors (Lipinski definition) is 1. The van der Waals surface area contributed by atoms with Gasteiger partial charge in [-0.3, -0.25) is 4.90 Å². The molecule has 0 radical (unpaired) electrons. The average molecular weight is 299 g/mol. The summed E-state index contributed by atoms with van der Waals surface area (Å²) in [5.41, 5.74) is 1.00. The lowest BCUT2D eigenvalue weighted by molar-refractivity contribution is 0.125. The van der Waals surface area contributed by atoms with Gasteiger partial charge in [-0.2, -0.15) is 0 Å². The van der Waals surface area contributed by atoms with Crippen LogP contribution >= 0.6 is 11.6 Å². The van der Waals surface area contributed by atoms with Gasteiger partial charge in [0.25, 0.3) is 0 Å². The summed E-state index contributed by atoms with van der Waals surface area (Å²) in [7, 11) is 0. The lowest BCUT2D eigenvalue weighted by Crippen LogP contribution is -2.55. The van der Waals surface area contributed by atoms with E-state index in [0.717, 1.165) is 25.2 Å². The van der Waals surface area contributed by atoms with Crippen LogP contribution in [0.3, 0.4) is 0 Å². The van der Waals surface area contributed by atoms with Gasteiger partial charge in [0.1, 0.15) is 5.82 Å². The molecule has 0 aliphatic carbocycles. The quantitative estimate of drug-likeness (QED) is 0.912. The number of hydrogen-bond acceptors (Lipinski definition) is 2. The fourth-order valence-corrected chi connectivity index (χ4v) is 3.04. The van der Waals surface area contributed by atoms with Crippen LogP contribution in [0.1, 0.15) is 32.8 Å². The fraction of sp³-hybridized carbons (Fsp3) is 0.625. The molecule has 1 N–H and O–H groups in total. The molecule has 2 unspecified atom stereocenters. The van der Waals surface area contributed by atoms with Crippen LogP contribution in [0.2, 0.25) is 5.02 Å². The van der Waals surface area contributed by atoms with E-state index < -0.39 is 0 Å². The first-order valence-corrected chi connectivity index (χ1v) is 7.75. The van der Waals surface area contributed by atoms with Crippen LogP contribution in [-0.4, -0.2) is 30.1 Å². The van der Waals surface area contributed by atoms with Crippen molar-refractivity contribution in [1.82, 2.24) is 10.2 Å². The van der Waals surface area contributed by atoms with Crippen LogP contribution < -0.4 is 5.32 Å². The summed E-state index contributed by atoms with van der Waals surface area (Å²) in [4.78, 5) is 2.43. The molecule has 2 atom stereocenters. The molecule has 1 aromatic carbocycles. The van der Waals surface area contributed by atoms with Crippen LogP contribution in [0, 0.1) is 11.7 Å². The molecule has 0 aromatic heterocycles. The molecule has 4 heteroatoms. The third-order valence-corrected chi connectivity index (χ3v) is 4.28. The SMILES string of the molecule is CC(C)CC1CN(Cc2ccc(F)cc2Cl)C(C)CN1. The Bertz CT molecular complexity index is 450. The van der Waals surface area contributed by atoms with Gasteiger partial charge in [0.05, 0.1) is 0 Å². The molecule has 1 aliphatic heterocycles. The monoisotopic (exact) mass is 298 g/mol. The maximum absolute atomic E-state index is 13.1. The number of nitrogens with zero attached hydrogens (tertiary/aromatic N) is 1. The highest BCUT2D eigenvalue weighted by molar-refractivity contribution is 6.31. The summed E-state index contributed by atoms with van der Waals surface area (Å²) in [6, 6.07) is 5.68. The molecule has 1 aliphatic rings. The zero-order valence-corrected chi connectivity index (χ0v) is 13.3. The third kappa shape index (κ3) is 4.18.